The average Bonchev–Trinajstić information content (AvgIpc) is 2.63. The molecule has 0 aromatic heterocycles. The fraction of sp³-hybridized carbons (Fsp3) is 0.714. The molecule has 0 saturated carbocycles. The number of hydrogen-bond donors (Lipinski definition) is 0. The van der Waals surface area contributed by atoms with E-state index in [2.05, 4.69) is 34.9 Å². The summed E-state index contributed by atoms with van der Waals surface area (Å²) in [6.45, 7) is 9.87. The highest BCUT2D eigenvalue weighted by Crippen LogP contribution is 2.38. The molecule has 3 nitrogen and oxygen atoms in total. The van der Waals surface area contributed by atoms with Gasteiger partial charge in [-0.25, -0.2) is 0 Å². The lowest BCUT2D eigenvalue weighted by molar-refractivity contribution is 0.130. The first-order chi connectivity index (χ1) is 11.8. The van der Waals surface area contributed by atoms with E-state index in [9.17, 15) is 0 Å². The van der Waals surface area contributed by atoms with Crippen LogP contribution in [0.25, 0.3) is 0 Å². The standard InChI is InChI=1S/C21H34N2O/c1-3-12-22-14-16-23(17-15-22)13-6-8-18-7-4-10-20-19(18)9-5-11-21(20)24-2/h5,9,11,18H,3-4,6-8,10,12-17H2,1-2H3. The van der Waals surface area contributed by atoms with E-state index in [1.54, 1.807) is 12.7 Å². The first kappa shape index (κ1) is 17.8. The number of benzene rings is 1. The van der Waals surface area contributed by atoms with Crippen LogP contribution >= 0.6 is 0 Å². The van der Waals surface area contributed by atoms with Gasteiger partial charge in [-0.15, -0.1) is 0 Å². The molecule has 0 bridgehead atoms. The van der Waals surface area contributed by atoms with Gasteiger partial charge in [-0.05, 0) is 74.7 Å². The Bertz CT molecular complexity index is 509. The predicted molar refractivity (Wildman–Crippen MR) is 101 cm³/mol. The number of ether oxygens (including phenoxy) is 1. The van der Waals surface area contributed by atoms with Crippen LogP contribution in [0.2, 0.25) is 0 Å². The summed E-state index contributed by atoms with van der Waals surface area (Å²) in [5.74, 6) is 1.84. The lowest BCUT2D eigenvalue weighted by Crippen LogP contribution is -2.46. The van der Waals surface area contributed by atoms with Crippen molar-refractivity contribution in [3.05, 3.63) is 29.3 Å². The number of fused-ring (bicyclic) bond motifs is 1. The maximum atomic E-state index is 5.58. The largest absolute Gasteiger partial charge is 0.496 e. The molecule has 1 aliphatic carbocycles. The van der Waals surface area contributed by atoms with Crippen LogP contribution in [-0.2, 0) is 6.42 Å². The molecule has 1 atom stereocenters. The minimum Gasteiger partial charge on any atom is -0.496 e. The van der Waals surface area contributed by atoms with E-state index < -0.39 is 0 Å². The third kappa shape index (κ3) is 4.31. The monoisotopic (exact) mass is 330 g/mol. The maximum absolute atomic E-state index is 5.58. The van der Waals surface area contributed by atoms with Crippen molar-refractivity contribution in [1.82, 2.24) is 9.80 Å². The molecule has 0 N–H and O–H groups in total. The van der Waals surface area contributed by atoms with E-state index in [4.69, 9.17) is 4.74 Å². The molecule has 3 heteroatoms. The molecule has 0 radical (unpaired) electrons. The molecule has 2 aliphatic rings. The highest BCUT2D eigenvalue weighted by Gasteiger charge is 2.23. The lowest BCUT2D eigenvalue weighted by atomic mass is 9.80. The second kappa shape index (κ2) is 8.87. The third-order valence-electron chi connectivity index (χ3n) is 5.84. The molecule has 0 spiro atoms. The van der Waals surface area contributed by atoms with Crippen molar-refractivity contribution >= 4 is 0 Å². The van der Waals surface area contributed by atoms with Gasteiger partial charge in [0.25, 0.3) is 0 Å². The Labute approximate surface area is 148 Å². The van der Waals surface area contributed by atoms with Gasteiger partial charge in [-0.2, -0.15) is 0 Å². The molecular weight excluding hydrogens is 296 g/mol. The van der Waals surface area contributed by atoms with Gasteiger partial charge >= 0.3 is 0 Å². The smallest absolute Gasteiger partial charge is 0.122 e. The summed E-state index contributed by atoms with van der Waals surface area (Å²) in [6.07, 6.45) is 7.79. The Morgan fingerprint density at radius 2 is 1.83 bits per heavy atom. The van der Waals surface area contributed by atoms with Crippen LogP contribution in [0.4, 0.5) is 0 Å². The van der Waals surface area contributed by atoms with E-state index in [1.165, 1.54) is 83.4 Å². The van der Waals surface area contributed by atoms with Gasteiger partial charge in [-0.3, -0.25) is 0 Å². The number of rotatable bonds is 7. The number of hydrogen-bond acceptors (Lipinski definition) is 3. The van der Waals surface area contributed by atoms with Crippen molar-refractivity contribution in [2.45, 2.75) is 51.4 Å². The molecule has 1 heterocycles. The molecule has 1 aliphatic heterocycles. The highest BCUT2D eigenvalue weighted by atomic mass is 16.5. The lowest BCUT2D eigenvalue weighted by Gasteiger charge is -2.35. The van der Waals surface area contributed by atoms with Gasteiger partial charge < -0.3 is 14.5 Å². The van der Waals surface area contributed by atoms with Crippen LogP contribution in [-0.4, -0.2) is 56.2 Å². The van der Waals surface area contributed by atoms with Crippen LogP contribution in [0.1, 0.15) is 56.1 Å². The first-order valence-corrected chi connectivity index (χ1v) is 9.92. The van der Waals surface area contributed by atoms with Crippen molar-refractivity contribution in [2.24, 2.45) is 0 Å². The van der Waals surface area contributed by atoms with Crippen molar-refractivity contribution in [1.29, 1.82) is 0 Å². The van der Waals surface area contributed by atoms with E-state index in [1.807, 2.05) is 0 Å². The molecule has 1 unspecified atom stereocenters. The molecule has 3 rings (SSSR count). The predicted octanol–water partition coefficient (Wildman–Crippen LogP) is 3.92. The summed E-state index contributed by atoms with van der Waals surface area (Å²) >= 11 is 0. The topological polar surface area (TPSA) is 15.7 Å². The molecular formula is C21H34N2O. The second-order valence-corrected chi connectivity index (χ2v) is 7.44. The number of methoxy groups -OCH3 is 1. The fourth-order valence-corrected chi connectivity index (χ4v) is 4.52. The second-order valence-electron chi connectivity index (χ2n) is 7.44. The van der Waals surface area contributed by atoms with Gasteiger partial charge in [-0.1, -0.05) is 19.1 Å². The fourth-order valence-electron chi connectivity index (χ4n) is 4.52. The Hall–Kier alpha value is -1.06. The van der Waals surface area contributed by atoms with Gasteiger partial charge in [0, 0.05) is 26.2 Å². The van der Waals surface area contributed by atoms with E-state index >= 15 is 0 Å². The molecule has 1 saturated heterocycles. The van der Waals surface area contributed by atoms with E-state index in [0.29, 0.717) is 0 Å². The molecule has 134 valence electrons. The summed E-state index contributed by atoms with van der Waals surface area (Å²) in [5.41, 5.74) is 3.04. The van der Waals surface area contributed by atoms with Crippen LogP contribution in [0.15, 0.2) is 18.2 Å². The van der Waals surface area contributed by atoms with Crippen molar-refractivity contribution < 1.29 is 4.74 Å². The Morgan fingerprint density at radius 1 is 1.08 bits per heavy atom. The van der Waals surface area contributed by atoms with Gasteiger partial charge in [0.15, 0.2) is 0 Å². The summed E-state index contributed by atoms with van der Waals surface area (Å²) in [7, 11) is 1.80. The normalized spacial score (nSPS) is 22.3. The molecule has 1 fully saturated rings. The van der Waals surface area contributed by atoms with Gasteiger partial charge in [0.05, 0.1) is 7.11 Å². The summed E-state index contributed by atoms with van der Waals surface area (Å²) < 4.78 is 5.58. The van der Waals surface area contributed by atoms with E-state index in [0.717, 1.165) is 11.7 Å². The maximum Gasteiger partial charge on any atom is 0.122 e. The Morgan fingerprint density at radius 3 is 2.54 bits per heavy atom. The minimum absolute atomic E-state index is 0.741. The SMILES string of the molecule is CCCN1CCN(CCCC2CCCc3c(OC)cccc32)CC1. The quantitative estimate of drug-likeness (QED) is 0.753. The first-order valence-electron chi connectivity index (χ1n) is 9.92. The van der Waals surface area contributed by atoms with Crippen LogP contribution < -0.4 is 4.74 Å². The molecule has 0 amide bonds. The van der Waals surface area contributed by atoms with Crippen molar-refractivity contribution in [3.63, 3.8) is 0 Å². The molecule has 1 aromatic carbocycles. The minimum atomic E-state index is 0.741. The van der Waals surface area contributed by atoms with Crippen LogP contribution in [0.5, 0.6) is 5.75 Å². The summed E-state index contributed by atoms with van der Waals surface area (Å²) in [6, 6.07) is 6.63. The van der Waals surface area contributed by atoms with E-state index in [-0.39, 0.29) is 0 Å². The number of nitrogens with zero attached hydrogens (tertiary/aromatic N) is 2. The number of piperazine rings is 1. The van der Waals surface area contributed by atoms with Crippen LogP contribution in [0, 0.1) is 0 Å². The molecule has 1 aromatic rings. The van der Waals surface area contributed by atoms with Gasteiger partial charge in [0.2, 0.25) is 0 Å². The zero-order chi connectivity index (χ0) is 16.8. The zero-order valence-corrected chi connectivity index (χ0v) is 15.6. The van der Waals surface area contributed by atoms with Crippen LogP contribution in [0.3, 0.4) is 0 Å². The van der Waals surface area contributed by atoms with Gasteiger partial charge in [0.1, 0.15) is 5.75 Å². The summed E-state index contributed by atoms with van der Waals surface area (Å²) in [5, 5.41) is 0. The van der Waals surface area contributed by atoms with Crippen molar-refractivity contribution in [3.8, 4) is 5.75 Å². The highest BCUT2D eigenvalue weighted by molar-refractivity contribution is 5.43. The zero-order valence-electron chi connectivity index (χ0n) is 15.6. The van der Waals surface area contributed by atoms with Crippen molar-refractivity contribution in [2.75, 3.05) is 46.4 Å². The molecule has 24 heavy (non-hydrogen) atoms. The Kier molecular flexibility index (Phi) is 6.56. The third-order valence-corrected chi connectivity index (χ3v) is 5.84. The average molecular weight is 331 g/mol. The summed E-state index contributed by atoms with van der Waals surface area (Å²) in [4.78, 5) is 5.28. The Balaban J connectivity index is 1.47.